The molecule has 0 radical (unpaired) electrons. The number of alkyl carbamates (subject to hydrolysis) is 1. The standard InChI is InChI=1S/C16H33NO3/c1-14(2,3)10-12(19-15(4,5)6)11-17-13(18)20-16(7,8)9/h12H,10-11H2,1-9H3,(H,17,18). The molecule has 0 aliphatic heterocycles. The van der Waals surface area contributed by atoms with E-state index < -0.39 is 11.7 Å². The van der Waals surface area contributed by atoms with Gasteiger partial charge in [0.25, 0.3) is 0 Å². The highest BCUT2D eigenvalue weighted by Crippen LogP contribution is 2.25. The predicted molar refractivity (Wildman–Crippen MR) is 82.9 cm³/mol. The second-order valence-corrected chi connectivity index (χ2v) is 8.50. The van der Waals surface area contributed by atoms with Crippen molar-refractivity contribution < 1.29 is 14.3 Å². The maximum atomic E-state index is 11.7. The highest BCUT2D eigenvalue weighted by molar-refractivity contribution is 5.67. The Morgan fingerprint density at radius 1 is 0.950 bits per heavy atom. The van der Waals surface area contributed by atoms with Gasteiger partial charge in [0.2, 0.25) is 0 Å². The van der Waals surface area contributed by atoms with Gasteiger partial charge >= 0.3 is 6.09 Å². The Balaban J connectivity index is 4.47. The molecule has 4 nitrogen and oxygen atoms in total. The summed E-state index contributed by atoms with van der Waals surface area (Å²) in [5.41, 5.74) is -0.564. The van der Waals surface area contributed by atoms with Crippen molar-refractivity contribution in [2.45, 2.75) is 86.0 Å². The molecule has 0 bridgehead atoms. The Kier molecular flexibility index (Phi) is 6.53. The number of hydrogen-bond acceptors (Lipinski definition) is 3. The molecule has 0 aromatic carbocycles. The zero-order chi connectivity index (χ0) is 16.2. The van der Waals surface area contributed by atoms with Gasteiger partial charge < -0.3 is 14.8 Å². The lowest BCUT2D eigenvalue weighted by Crippen LogP contribution is -2.41. The number of ether oxygens (including phenoxy) is 2. The van der Waals surface area contributed by atoms with E-state index in [1.165, 1.54) is 0 Å². The molecular formula is C16H33NO3. The number of carbonyl (C=O) groups is 1. The maximum absolute atomic E-state index is 11.7. The lowest BCUT2D eigenvalue weighted by molar-refractivity contribution is -0.0729. The van der Waals surface area contributed by atoms with Crippen molar-refractivity contribution in [2.75, 3.05) is 6.54 Å². The minimum absolute atomic E-state index is 0.0254. The first-order valence-corrected chi connectivity index (χ1v) is 7.33. The summed E-state index contributed by atoms with van der Waals surface area (Å²) in [6.07, 6.45) is 0.455. The molecule has 1 atom stereocenters. The van der Waals surface area contributed by atoms with Gasteiger partial charge in [0.15, 0.2) is 0 Å². The Morgan fingerprint density at radius 2 is 1.45 bits per heavy atom. The summed E-state index contributed by atoms with van der Waals surface area (Å²) >= 11 is 0. The molecule has 0 aromatic rings. The highest BCUT2D eigenvalue weighted by atomic mass is 16.6. The minimum atomic E-state index is -0.478. The van der Waals surface area contributed by atoms with E-state index in [9.17, 15) is 4.79 Å². The van der Waals surface area contributed by atoms with Crippen LogP contribution in [0.15, 0.2) is 0 Å². The van der Waals surface area contributed by atoms with E-state index in [1.807, 2.05) is 41.5 Å². The fraction of sp³-hybridized carbons (Fsp3) is 0.938. The molecule has 0 saturated carbocycles. The molecule has 1 unspecified atom stereocenters. The summed E-state index contributed by atoms with van der Waals surface area (Å²) in [6, 6.07) is 0. The van der Waals surface area contributed by atoms with Gasteiger partial charge in [-0.25, -0.2) is 4.79 Å². The average Bonchev–Trinajstić information content (AvgIpc) is 2.06. The molecule has 20 heavy (non-hydrogen) atoms. The van der Waals surface area contributed by atoms with E-state index in [0.717, 1.165) is 6.42 Å². The second kappa shape index (κ2) is 6.79. The molecule has 0 rings (SSSR count). The van der Waals surface area contributed by atoms with Crippen molar-refractivity contribution in [2.24, 2.45) is 5.41 Å². The molecule has 0 aliphatic rings. The zero-order valence-electron chi connectivity index (χ0n) is 14.7. The van der Waals surface area contributed by atoms with Gasteiger partial charge in [-0.15, -0.1) is 0 Å². The third-order valence-corrected chi connectivity index (χ3v) is 2.23. The summed E-state index contributed by atoms with van der Waals surface area (Å²) in [5.74, 6) is 0. The number of rotatable bonds is 4. The molecule has 4 heteroatoms. The summed E-state index contributed by atoms with van der Waals surface area (Å²) in [6.45, 7) is 18.6. The number of hydrogen-bond donors (Lipinski definition) is 1. The lowest BCUT2D eigenvalue weighted by atomic mass is 9.89. The number of amides is 1. The van der Waals surface area contributed by atoms with Crippen LogP contribution in [0.5, 0.6) is 0 Å². The van der Waals surface area contributed by atoms with Crippen LogP contribution in [0.2, 0.25) is 0 Å². The zero-order valence-corrected chi connectivity index (χ0v) is 14.7. The first-order valence-electron chi connectivity index (χ1n) is 7.33. The summed E-state index contributed by atoms with van der Waals surface area (Å²) in [7, 11) is 0. The van der Waals surface area contributed by atoms with Crippen molar-refractivity contribution in [1.82, 2.24) is 5.32 Å². The largest absolute Gasteiger partial charge is 0.444 e. The van der Waals surface area contributed by atoms with E-state index in [4.69, 9.17) is 9.47 Å². The maximum Gasteiger partial charge on any atom is 0.407 e. The molecule has 0 fully saturated rings. The molecule has 0 spiro atoms. The SMILES string of the molecule is CC(C)(C)CC(CNC(=O)OC(C)(C)C)OC(C)(C)C. The first-order chi connectivity index (χ1) is 8.68. The molecule has 0 aromatic heterocycles. The highest BCUT2D eigenvalue weighted by Gasteiger charge is 2.25. The van der Waals surface area contributed by atoms with Crippen molar-refractivity contribution in [1.29, 1.82) is 0 Å². The van der Waals surface area contributed by atoms with E-state index in [0.29, 0.717) is 6.54 Å². The lowest BCUT2D eigenvalue weighted by Gasteiger charge is -2.32. The van der Waals surface area contributed by atoms with Gasteiger partial charge in [0, 0.05) is 6.54 Å². The summed E-state index contributed by atoms with van der Waals surface area (Å²) in [5, 5.41) is 2.80. The van der Waals surface area contributed by atoms with Crippen LogP contribution in [0.1, 0.15) is 68.7 Å². The van der Waals surface area contributed by atoms with Crippen LogP contribution in [0.4, 0.5) is 4.79 Å². The quantitative estimate of drug-likeness (QED) is 0.845. The third kappa shape index (κ3) is 12.3. The monoisotopic (exact) mass is 287 g/mol. The fourth-order valence-electron chi connectivity index (χ4n) is 1.85. The van der Waals surface area contributed by atoms with Gasteiger partial charge in [-0.1, -0.05) is 20.8 Å². The summed E-state index contributed by atoms with van der Waals surface area (Å²) < 4.78 is 11.3. The normalized spacial score (nSPS) is 14.8. The van der Waals surface area contributed by atoms with E-state index in [-0.39, 0.29) is 17.1 Å². The van der Waals surface area contributed by atoms with Crippen LogP contribution < -0.4 is 5.32 Å². The van der Waals surface area contributed by atoms with Crippen LogP contribution in [-0.2, 0) is 9.47 Å². The fourth-order valence-corrected chi connectivity index (χ4v) is 1.85. The molecule has 1 N–H and O–H groups in total. The second-order valence-electron chi connectivity index (χ2n) is 8.50. The number of nitrogens with one attached hydrogen (secondary N) is 1. The third-order valence-electron chi connectivity index (χ3n) is 2.23. The van der Waals surface area contributed by atoms with Crippen LogP contribution in [-0.4, -0.2) is 29.9 Å². The first kappa shape index (κ1) is 19.2. The van der Waals surface area contributed by atoms with Crippen LogP contribution in [0.25, 0.3) is 0 Å². The Labute approximate surface area is 124 Å². The topological polar surface area (TPSA) is 47.6 Å². The Morgan fingerprint density at radius 3 is 1.80 bits per heavy atom. The van der Waals surface area contributed by atoms with Crippen molar-refractivity contribution >= 4 is 6.09 Å². The average molecular weight is 287 g/mol. The molecule has 0 aliphatic carbocycles. The Hall–Kier alpha value is -0.770. The van der Waals surface area contributed by atoms with Gasteiger partial charge in [-0.05, 0) is 53.4 Å². The van der Waals surface area contributed by atoms with Crippen molar-refractivity contribution in [3.05, 3.63) is 0 Å². The molecule has 1 amide bonds. The molecule has 0 saturated heterocycles. The minimum Gasteiger partial charge on any atom is -0.444 e. The molecule has 0 heterocycles. The van der Waals surface area contributed by atoms with E-state index in [1.54, 1.807) is 0 Å². The smallest absolute Gasteiger partial charge is 0.407 e. The van der Waals surface area contributed by atoms with Gasteiger partial charge in [-0.2, -0.15) is 0 Å². The van der Waals surface area contributed by atoms with Crippen molar-refractivity contribution in [3.63, 3.8) is 0 Å². The van der Waals surface area contributed by atoms with Crippen LogP contribution in [0.3, 0.4) is 0 Å². The Bertz CT molecular complexity index is 289. The van der Waals surface area contributed by atoms with Gasteiger partial charge in [-0.3, -0.25) is 0 Å². The van der Waals surface area contributed by atoms with Crippen molar-refractivity contribution in [3.8, 4) is 0 Å². The van der Waals surface area contributed by atoms with Crippen LogP contribution in [0, 0.1) is 5.41 Å². The van der Waals surface area contributed by atoms with Gasteiger partial charge in [0.1, 0.15) is 5.60 Å². The summed E-state index contributed by atoms with van der Waals surface area (Å²) in [4.78, 5) is 11.7. The molecule has 120 valence electrons. The molecular weight excluding hydrogens is 254 g/mol. The van der Waals surface area contributed by atoms with Gasteiger partial charge in [0.05, 0.1) is 11.7 Å². The predicted octanol–water partition coefficient (Wildman–Crippen LogP) is 4.13. The van der Waals surface area contributed by atoms with Crippen LogP contribution >= 0.6 is 0 Å². The van der Waals surface area contributed by atoms with E-state index >= 15 is 0 Å². The number of carbonyl (C=O) groups excluding carboxylic acids is 1. The van der Waals surface area contributed by atoms with E-state index in [2.05, 4.69) is 26.1 Å².